The van der Waals surface area contributed by atoms with E-state index in [1.165, 1.54) is 11.1 Å². The van der Waals surface area contributed by atoms with Crippen molar-refractivity contribution < 1.29 is 0 Å². The fraction of sp³-hybridized carbons (Fsp3) is 0.400. The normalized spacial score (nSPS) is 11.4. The van der Waals surface area contributed by atoms with Crippen molar-refractivity contribution in [1.82, 2.24) is 15.3 Å². The lowest BCUT2D eigenvalue weighted by Crippen LogP contribution is -2.39. The minimum absolute atomic E-state index is 0.421. The van der Waals surface area contributed by atoms with Crippen LogP contribution in [0.1, 0.15) is 36.4 Å². The Morgan fingerprint density at radius 1 is 0.963 bits per heavy atom. The molecule has 2 aromatic rings. The molecule has 0 spiro atoms. The van der Waals surface area contributed by atoms with Gasteiger partial charge in [0.15, 0.2) is 5.11 Å². The number of anilines is 2. The molecule has 1 aromatic heterocycles. The number of aryl methyl sites for hydroxylation is 4. The molecule has 0 saturated carbocycles. The van der Waals surface area contributed by atoms with Crippen molar-refractivity contribution in [2.75, 3.05) is 17.2 Å². The Bertz CT molecular complexity index is 804. The van der Waals surface area contributed by atoms with Crippen LogP contribution in [0.4, 0.5) is 11.6 Å². The SMILES string of the molecule is Cc1cc(C)cc(NC(=S)NC(=NCC(C)C)Nc2nc(C)cc(C)n2)c1. The second-order valence-electron chi connectivity index (χ2n) is 7.14. The number of guanidine groups is 1. The van der Waals surface area contributed by atoms with Gasteiger partial charge in [-0.1, -0.05) is 19.9 Å². The highest BCUT2D eigenvalue weighted by Gasteiger charge is 2.08. The predicted molar refractivity (Wildman–Crippen MR) is 118 cm³/mol. The van der Waals surface area contributed by atoms with Crippen LogP contribution in [0.15, 0.2) is 29.3 Å². The van der Waals surface area contributed by atoms with Gasteiger partial charge in [-0.15, -0.1) is 0 Å². The van der Waals surface area contributed by atoms with Crippen molar-refractivity contribution >= 4 is 34.9 Å². The van der Waals surface area contributed by atoms with Crippen molar-refractivity contribution in [2.45, 2.75) is 41.5 Å². The molecule has 0 fully saturated rings. The minimum Gasteiger partial charge on any atom is -0.332 e. The molecular weight excluding hydrogens is 356 g/mol. The molecule has 0 aliphatic rings. The molecule has 0 atom stereocenters. The van der Waals surface area contributed by atoms with E-state index in [2.05, 4.69) is 64.7 Å². The Balaban J connectivity index is 2.13. The first-order valence-electron chi connectivity index (χ1n) is 9.01. The number of hydrogen-bond acceptors (Lipinski definition) is 4. The van der Waals surface area contributed by atoms with Gasteiger partial charge in [-0.2, -0.15) is 0 Å². The molecule has 0 aliphatic heterocycles. The second kappa shape index (κ2) is 9.41. The molecule has 6 nitrogen and oxygen atoms in total. The zero-order valence-electron chi connectivity index (χ0n) is 16.8. The van der Waals surface area contributed by atoms with Crippen LogP contribution in [0.2, 0.25) is 0 Å². The fourth-order valence-corrected chi connectivity index (χ4v) is 2.80. The van der Waals surface area contributed by atoms with Crippen LogP contribution in [0.25, 0.3) is 0 Å². The van der Waals surface area contributed by atoms with Crippen LogP contribution in [0.5, 0.6) is 0 Å². The summed E-state index contributed by atoms with van der Waals surface area (Å²) in [6.07, 6.45) is 0. The smallest absolute Gasteiger partial charge is 0.229 e. The number of thiocarbonyl (C=S) groups is 1. The summed E-state index contributed by atoms with van der Waals surface area (Å²) in [5.41, 5.74) is 5.08. The van der Waals surface area contributed by atoms with E-state index in [1.807, 2.05) is 32.0 Å². The van der Waals surface area contributed by atoms with Gasteiger partial charge in [0.05, 0.1) is 0 Å². The topological polar surface area (TPSA) is 74.2 Å². The molecule has 3 N–H and O–H groups in total. The minimum atomic E-state index is 0.421. The van der Waals surface area contributed by atoms with Gasteiger partial charge >= 0.3 is 0 Å². The first kappa shape index (κ1) is 20.8. The van der Waals surface area contributed by atoms with Crippen LogP contribution in [-0.4, -0.2) is 27.6 Å². The molecule has 0 radical (unpaired) electrons. The summed E-state index contributed by atoms with van der Waals surface area (Å²) in [4.78, 5) is 13.4. The zero-order chi connectivity index (χ0) is 20.0. The first-order chi connectivity index (χ1) is 12.7. The van der Waals surface area contributed by atoms with E-state index in [4.69, 9.17) is 12.2 Å². The Hall–Kier alpha value is -2.54. The second-order valence-corrected chi connectivity index (χ2v) is 7.55. The summed E-state index contributed by atoms with van der Waals surface area (Å²) in [7, 11) is 0. The lowest BCUT2D eigenvalue weighted by Gasteiger charge is -2.15. The Morgan fingerprint density at radius 2 is 1.56 bits per heavy atom. The Kier molecular flexibility index (Phi) is 7.24. The maximum atomic E-state index is 5.46. The summed E-state index contributed by atoms with van der Waals surface area (Å²) >= 11 is 5.46. The van der Waals surface area contributed by atoms with E-state index in [9.17, 15) is 0 Å². The summed E-state index contributed by atoms with van der Waals surface area (Å²) in [6.45, 7) is 12.9. The van der Waals surface area contributed by atoms with Gasteiger partial charge in [-0.05, 0) is 75.2 Å². The lowest BCUT2D eigenvalue weighted by atomic mass is 10.1. The number of nitrogens with one attached hydrogen (secondary N) is 3. The molecular formula is C20H28N6S. The molecule has 0 saturated heterocycles. The fourth-order valence-electron chi connectivity index (χ4n) is 2.59. The highest BCUT2D eigenvalue weighted by Crippen LogP contribution is 2.13. The van der Waals surface area contributed by atoms with Crippen molar-refractivity contribution in [1.29, 1.82) is 0 Å². The number of hydrogen-bond donors (Lipinski definition) is 3. The van der Waals surface area contributed by atoms with E-state index in [-0.39, 0.29) is 0 Å². The largest absolute Gasteiger partial charge is 0.332 e. The first-order valence-corrected chi connectivity index (χ1v) is 9.42. The highest BCUT2D eigenvalue weighted by atomic mass is 32.1. The van der Waals surface area contributed by atoms with Gasteiger partial charge in [0.1, 0.15) is 0 Å². The summed E-state index contributed by atoms with van der Waals surface area (Å²) in [5, 5.41) is 9.94. The summed E-state index contributed by atoms with van der Waals surface area (Å²) in [6, 6.07) is 8.14. The third kappa shape index (κ3) is 7.30. The maximum absolute atomic E-state index is 5.46. The van der Waals surface area contributed by atoms with Crippen molar-refractivity contribution in [3.05, 3.63) is 46.8 Å². The maximum Gasteiger partial charge on any atom is 0.229 e. The third-order valence-corrected chi connectivity index (χ3v) is 3.74. The van der Waals surface area contributed by atoms with Gasteiger partial charge < -0.3 is 10.6 Å². The van der Waals surface area contributed by atoms with Crippen LogP contribution < -0.4 is 16.0 Å². The Morgan fingerprint density at radius 3 is 2.11 bits per heavy atom. The molecule has 7 heteroatoms. The number of nitrogens with zero attached hydrogens (tertiary/aromatic N) is 3. The van der Waals surface area contributed by atoms with Crippen molar-refractivity contribution in [3.8, 4) is 0 Å². The lowest BCUT2D eigenvalue weighted by molar-refractivity contribution is 0.664. The molecule has 1 heterocycles. The van der Waals surface area contributed by atoms with E-state index in [0.29, 0.717) is 29.5 Å². The zero-order valence-corrected chi connectivity index (χ0v) is 17.7. The van der Waals surface area contributed by atoms with E-state index in [0.717, 1.165) is 17.1 Å². The van der Waals surface area contributed by atoms with Crippen molar-refractivity contribution in [2.24, 2.45) is 10.9 Å². The van der Waals surface area contributed by atoms with E-state index >= 15 is 0 Å². The number of rotatable bonds is 4. The third-order valence-electron chi connectivity index (χ3n) is 3.54. The monoisotopic (exact) mass is 384 g/mol. The molecule has 0 bridgehead atoms. The van der Waals surface area contributed by atoms with Crippen LogP contribution in [0.3, 0.4) is 0 Å². The van der Waals surface area contributed by atoms with Crippen molar-refractivity contribution in [3.63, 3.8) is 0 Å². The predicted octanol–water partition coefficient (Wildman–Crippen LogP) is 4.12. The number of benzene rings is 1. The van der Waals surface area contributed by atoms with Gasteiger partial charge in [0.25, 0.3) is 0 Å². The highest BCUT2D eigenvalue weighted by molar-refractivity contribution is 7.80. The molecule has 2 rings (SSSR count). The van der Waals surface area contributed by atoms with Gasteiger partial charge in [-0.25, -0.2) is 9.97 Å². The average Bonchev–Trinajstić information content (AvgIpc) is 2.50. The van der Waals surface area contributed by atoms with Gasteiger partial charge in [-0.3, -0.25) is 10.3 Å². The van der Waals surface area contributed by atoms with Crippen LogP contribution in [0, 0.1) is 33.6 Å². The molecule has 27 heavy (non-hydrogen) atoms. The molecule has 1 aromatic carbocycles. The molecule has 0 aliphatic carbocycles. The van der Waals surface area contributed by atoms with E-state index < -0.39 is 0 Å². The molecule has 144 valence electrons. The molecule has 0 amide bonds. The quantitative estimate of drug-likeness (QED) is 0.418. The standard InChI is InChI=1S/C20H28N6S/c1-12(2)11-21-18(25-19-22-15(5)10-16(6)23-19)26-20(27)24-17-8-13(3)7-14(4)9-17/h7-10,12H,11H2,1-6H3,(H3,21,22,23,24,25,26,27). The van der Waals surface area contributed by atoms with Crippen LogP contribution >= 0.6 is 12.2 Å². The van der Waals surface area contributed by atoms with Gasteiger partial charge in [0.2, 0.25) is 11.9 Å². The van der Waals surface area contributed by atoms with E-state index in [1.54, 1.807) is 0 Å². The van der Waals surface area contributed by atoms with Gasteiger partial charge in [0, 0.05) is 23.6 Å². The Labute approximate surface area is 166 Å². The average molecular weight is 385 g/mol. The summed E-state index contributed by atoms with van der Waals surface area (Å²) in [5.74, 6) is 1.44. The molecule has 0 unspecified atom stereocenters. The number of aromatic nitrogens is 2. The number of aliphatic imine (C=N–C) groups is 1. The summed E-state index contributed by atoms with van der Waals surface area (Å²) < 4.78 is 0. The van der Waals surface area contributed by atoms with Crippen LogP contribution in [-0.2, 0) is 0 Å².